The Morgan fingerprint density at radius 1 is 1.15 bits per heavy atom. The second-order valence-electron chi connectivity index (χ2n) is 6.13. The molecule has 0 aliphatic carbocycles. The van der Waals surface area contributed by atoms with Crippen LogP contribution < -0.4 is 5.32 Å². The molecule has 1 heterocycles. The number of rotatable bonds is 4. The van der Waals surface area contributed by atoms with Gasteiger partial charge in [-0.3, -0.25) is 0 Å². The highest BCUT2D eigenvalue weighted by Gasteiger charge is 2.11. The third-order valence-electron chi connectivity index (χ3n) is 4.07. The van der Waals surface area contributed by atoms with E-state index in [1.165, 1.54) is 22.5 Å². The van der Waals surface area contributed by atoms with Crippen molar-refractivity contribution < 1.29 is 0 Å². The molecule has 0 spiro atoms. The molecule has 0 unspecified atom stereocenters. The first-order valence-corrected chi connectivity index (χ1v) is 9.40. The molecule has 0 saturated heterocycles. The van der Waals surface area contributed by atoms with E-state index >= 15 is 0 Å². The fourth-order valence-electron chi connectivity index (χ4n) is 2.60. The summed E-state index contributed by atoms with van der Waals surface area (Å²) in [6, 6.07) is 14.2. The first kappa shape index (κ1) is 18.2. The largest absolute Gasteiger partial charge is 0.360 e. The topological polar surface area (TPSA) is 48.7 Å². The van der Waals surface area contributed by atoms with Gasteiger partial charge in [0.25, 0.3) is 0 Å². The zero-order valence-electron chi connectivity index (χ0n) is 14.8. The molecular weight excluding hydrogens is 362 g/mol. The van der Waals surface area contributed by atoms with Gasteiger partial charge < -0.3 is 5.32 Å². The zero-order chi connectivity index (χ0) is 18.7. The lowest BCUT2D eigenvalue weighted by molar-refractivity contribution is 1.32. The van der Waals surface area contributed by atoms with Crippen LogP contribution in [0.3, 0.4) is 0 Å². The number of benzene rings is 2. The number of nitrogens with zero attached hydrogens (tertiary/aromatic N) is 2. The minimum Gasteiger partial charge on any atom is -0.360 e. The summed E-state index contributed by atoms with van der Waals surface area (Å²) >= 11 is 7.60. The number of aryl methyl sites for hydroxylation is 3. The van der Waals surface area contributed by atoms with E-state index in [1.807, 2.05) is 30.5 Å². The van der Waals surface area contributed by atoms with Gasteiger partial charge in [0, 0.05) is 27.9 Å². The van der Waals surface area contributed by atoms with Crippen LogP contribution in [0.15, 0.2) is 48.0 Å². The maximum atomic E-state index is 9.51. The van der Waals surface area contributed by atoms with Crippen LogP contribution in [0.1, 0.15) is 21.7 Å². The molecule has 130 valence electrons. The number of hydrogen-bond acceptors (Lipinski definition) is 4. The summed E-state index contributed by atoms with van der Waals surface area (Å²) in [4.78, 5) is 4.65. The van der Waals surface area contributed by atoms with Crippen LogP contribution in [0, 0.1) is 32.1 Å². The highest BCUT2D eigenvalue weighted by atomic mass is 35.5. The van der Waals surface area contributed by atoms with Gasteiger partial charge in [0.1, 0.15) is 16.6 Å². The number of halogens is 1. The molecule has 0 atom stereocenters. The smallest absolute Gasteiger partial charge is 0.136 e. The highest BCUT2D eigenvalue weighted by molar-refractivity contribution is 7.11. The van der Waals surface area contributed by atoms with Gasteiger partial charge in [-0.15, -0.1) is 11.3 Å². The summed E-state index contributed by atoms with van der Waals surface area (Å²) < 4.78 is 0. The standard InChI is InChI=1S/C21H18ClN3S/c1-13-4-7-18(15(3)8-13)20-12-26-21(25-20)16(10-23)11-24-17-6-5-14(2)19(22)9-17/h4-9,11-12,24H,1-3H3. The van der Waals surface area contributed by atoms with E-state index in [0.29, 0.717) is 15.6 Å². The number of nitrogens with one attached hydrogen (secondary N) is 1. The number of allylic oxidation sites excluding steroid dienone is 1. The van der Waals surface area contributed by atoms with Crippen molar-refractivity contribution in [3.63, 3.8) is 0 Å². The molecule has 0 fully saturated rings. The molecule has 3 aromatic rings. The molecule has 0 aliphatic heterocycles. The Bertz CT molecular complexity index is 1030. The van der Waals surface area contributed by atoms with E-state index in [1.54, 1.807) is 6.20 Å². The summed E-state index contributed by atoms with van der Waals surface area (Å²) in [5, 5.41) is 16.0. The van der Waals surface area contributed by atoms with Gasteiger partial charge in [-0.05, 0) is 44.0 Å². The van der Waals surface area contributed by atoms with Crippen molar-refractivity contribution in [2.45, 2.75) is 20.8 Å². The van der Waals surface area contributed by atoms with Gasteiger partial charge in [-0.2, -0.15) is 5.26 Å². The average molecular weight is 380 g/mol. The molecule has 0 bridgehead atoms. The molecule has 3 nitrogen and oxygen atoms in total. The lowest BCUT2D eigenvalue weighted by atomic mass is 10.0. The van der Waals surface area contributed by atoms with Gasteiger partial charge in [-0.1, -0.05) is 41.4 Å². The number of anilines is 1. The number of nitriles is 1. The molecule has 0 amide bonds. The number of thiazole rings is 1. The summed E-state index contributed by atoms with van der Waals surface area (Å²) in [5.41, 5.74) is 6.72. The molecule has 3 rings (SSSR count). The van der Waals surface area contributed by atoms with Crippen molar-refractivity contribution >= 4 is 34.2 Å². The molecule has 1 aromatic heterocycles. The molecule has 5 heteroatoms. The van der Waals surface area contributed by atoms with E-state index in [-0.39, 0.29) is 0 Å². The normalized spacial score (nSPS) is 11.3. The zero-order valence-corrected chi connectivity index (χ0v) is 16.4. The third kappa shape index (κ3) is 3.96. The maximum absolute atomic E-state index is 9.51. The summed E-state index contributed by atoms with van der Waals surface area (Å²) in [6.45, 7) is 6.10. The molecule has 0 saturated carbocycles. The molecule has 26 heavy (non-hydrogen) atoms. The van der Waals surface area contributed by atoms with E-state index in [0.717, 1.165) is 22.5 Å². The fraction of sp³-hybridized carbons (Fsp3) is 0.143. The predicted molar refractivity (Wildman–Crippen MR) is 110 cm³/mol. The Morgan fingerprint density at radius 3 is 2.65 bits per heavy atom. The summed E-state index contributed by atoms with van der Waals surface area (Å²) in [6.07, 6.45) is 1.67. The molecule has 0 radical (unpaired) electrons. The predicted octanol–water partition coefficient (Wildman–Crippen LogP) is 6.37. The van der Waals surface area contributed by atoms with Crippen LogP contribution in [0.4, 0.5) is 5.69 Å². The first-order valence-electron chi connectivity index (χ1n) is 8.14. The van der Waals surface area contributed by atoms with Crippen LogP contribution in [0.25, 0.3) is 16.8 Å². The quantitative estimate of drug-likeness (QED) is 0.536. The van der Waals surface area contributed by atoms with Crippen molar-refractivity contribution in [3.05, 3.63) is 74.7 Å². The van der Waals surface area contributed by atoms with Crippen LogP contribution in [0.5, 0.6) is 0 Å². The van der Waals surface area contributed by atoms with Gasteiger partial charge in [-0.25, -0.2) is 4.98 Å². The van der Waals surface area contributed by atoms with E-state index in [2.05, 4.69) is 48.4 Å². The second-order valence-corrected chi connectivity index (χ2v) is 7.40. The van der Waals surface area contributed by atoms with Crippen molar-refractivity contribution in [3.8, 4) is 17.3 Å². The Labute approximate surface area is 162 Å². The second kappa shape index (κ2) is 7.74. The van der Waals surface area contributed by atoms with Crippen LogP contribution in [-0.4, -0.2) is 4.98 Å². The highest BCUT2D eigenvalue weighted by Crippen LogP contribution is 2.29. The first-order chi connectivity index (χ1) is 12.5. The van der Waals surface area contributed by atoms with Gasteiger partial charge in [0.05, 0.1) is 5.69 Å². The van der Waals surface area contributed by atoms with Crippen molar-refractivity contribution in [2.75, 3.05) is 5.32 Å². The van der Waals surface area contributed by atoms with Crippen molar-refractivity contribution in [1.29, 1.82) is 5.26 Å². The Morgan fingerprint density at radius 2 is 1.96 bits per heavy atom. The Kier molecular flexibility index (Phi) is 5.41. The lowest BCUT2D eigenvalue weighted by Crippen LogP contribution is -1.92. The Balaban J connectivity index is 1.86. The molecule has 0 aliphatic rings. The van der Waals surface area contributed by atoms with Crippen LogP contribution >= 0.6 is 22.9 Å². The average Bonchev–Trinajstić information content (AvgIpc) is 3.08. The van der Waals surface area contributed by atoms with E-state index in [4.69, 9.17) is 11.6 Å². The molecule has 2 aromatic carbocycles. The summed E-state index contributed by atoms with van der Waals surface area (Å²) in [5.74, 6) is 0. The number of aromatic nitrogens is 1. The Hall–Kier alpha value is -2.61. The van der Waals surface area contributed by atoms with Gasteiger partial charge in [0.2, 0.25) is 0 Å². The van der Waals surface area contributed by atoms with E-state index in [9.17, 15) is 5.26 Å². The van der Waals surface area contributed by atoms with Gasteiger partial charge >= 0.3 is 0 Å². The third-order valence-corrected chi connectivity index (χ3v) is 5.35. The van der Waals surface area contributed by atoms with Crippen LogP contribution in [-0.2, 0) is 0 Å². The van der Waals surface area contributed by atoms with Gasteiger partial charge in [0.15, 0.2) is 0 Å². The number of hydrogen-bond donors (Lipinski definition) is 1. The molecular formula is C21H18ClN3S. The SMILES string of the molecule is Cc1ccc(-c2csc(C(C#N)=CNc3ccc(C)c(Cl)c3)n2)c(C)c1. The minimum atomic E-state index is 0.489. The minimum absolute atomic E-state index is 0.489. The fourth-order valence-corrected chi connectivity index (χ4v) is 3.57. The summed E-state index contributed by atoms with van der Waals surface area (Å²) in [7, 11) is 0. The van der Waals surface area contributed by atoms with Crippen molar-refractivity contribution in [2.24, 2.45) is 0 Å². The monoisotopic (exact) mass is 379 g/mol. The lowest BCUT2D eigenvalue weighted by Gasteiger charge is -2.04. The maximum Gasteiger partial charge on any atom is 0.136 e. The van der Waals surface area contributed by atoms with Crippen LogP contribution in [0.2, 0.25) is 5.02 Å². The van der Waals surface area contributed by atoms with Crippen molar-refractivity contribution in [1.82, 2.24) is 4.98 Å². The van der Waals surface area contributed by atoms with E-state index < -0.39 is 0 Å². The molecule has 1 N–H and O–H groups in total.